The fourth-order valence-corrected chi connectivity index (χ4v) is 6.68. The lowest BCUT2D eigenvalue weighted by Gasteiger charge is -2.36. The van der Waals surface area contributed by atoms with Crippen LogP contribution in [0.2, 0.25) is 0 Å². The summed E-state index contributed by atoms with van der Waals surface area (Å²) in [6.45, 7) is 1.47. The number of methoxy groups -OCH3 is 1. The number of fused-ring (bicyclic) bond motifs is 1. The Balaban J connectivity index is 1.41. The molecule has 2 heterocycles. The van der Waals surface area contributed by atoms with Gasteiger partial charge in [-0.1, -0.05) is 30.3 Å². The van der Waals surface area contributed by atoms with Gasteiger partial charge < -0.3 is 14.8 Å². The van der Waals surface area contributed by atoms with Gasteiger partial charge in [-0.15, -0.1) is 0 Å². The summed E-state index contributed by atoms with van der Waals surface area (Å²) in [4.78, 5) is 13.9. The minimum atomic E-state index is -3.72. The lowest BCUT2D eigenvalue weighted by atomic mass is 9.73. The first-order valence-electron chi connectivity index (χ1n) is 12.2. The van der Waals surface area contributed by atoms with Gasteiger partial charge in [-0.3, -0.25) is 9.10 Å². The SMILES string of the molecule is COc1ccc(S(=O)(=O)N2CCCc3cc(NC(=O)C4(c5ccccc5)CCOCC4)ccc32)cc1. The van der Waals surface area contributed by atoms with E-state index in [1.54, 1.807) is 43.5 Å². The van der Waals surface area contributed by atoms with Crippen molar-refractivity contribution in [3.8, 4) is 5.75 Å². The van der Waals surface area contributed by atoms with E-state index >= 15 is 0 Å². The van der Waals surface area contributed by atoms with Crippen molar-refractivity contribution >= 4 is 27.3 Å². The Morgan fingerprint density at radius 1 is 1.00 bits per heavy atom. The number of amides is 1. The number of ether oxygens (including phenoxy) is 2. The molecule has 2 aliphatic rings. The number of sulfonamides is 1. The molecule has 8 heteroatoms. The summed E-state index contributed by atoms with van der Waals surface area (Å²) in [7, 11) is -2.18. The van der Waals surface area contributed by atoms with Crippen molar-refractivity contribution in [2.45, 2.75) is 36.0 Å². The standard InChI is InChI=1S/C28H30N2O5S/c1-34-24-10-12-25(13-11-24)36(32,33)30-17-5-6-21-20-23(9-14-26(21)30)29-27(31)28(15-18-35-19-16-28)22-7-3-2-4-8-22/h2-4,7-14,20H,5-6,15-19H2,1H3,(H,29,31). The summed E-state index contributed by atoms with van der Waals surface area (Å²) in [5.74, 6) is 0.543. The fraction of sp³-hybridized carbons (Fsp3) is 0.321. The quantitative estimate of drug-likeness (QED) is 0.531. The number of anilines is 2. The van der Waals surface area contributed by atoms with E-state index < -0.39 is 15.4 Å². The third-order valence-electron chi connectivity index (χ3n) is 7.17. The molecule has 7 nitrogen and oxygen atoms in total. The Bertz CT molecular complexity index is 1330. The van der Waals surface area contributed by atoms with Crippen molar-refractivity contribution in [2.75, 3.05) is 36.5 Å². The van der Waals surface area contributed by atoms with E-state index in [1.807, 2.05) is 36.4 Å². The maximum atomic E-state index is 13.6. The predicted molar refractivity (Wildman–Crippen MR) is 139 cm³/mol. The van der Waals surface area contributed by atoms with Crippen molar-refractivity contribution < 1.29 is 22.7 Å². The molecule has 2 aliphatic heterocycles. The molecule has 1 N–H and O–H groups in total. The van der Waals surface area contributed by atoms with Crippen molar-refractivity contribution in [3.63, 3.8) is 0 Å². The van der Waals surface area contributed by atoms with E-state index in [-0.39, 0.29) is 10.8 Å². The fourth-order valence-electron chi connectivity index (χ4n) is 5.14. The molecule has 0 aliphatic carbocycles. The minimum Gasteiger partial charge on any atom is -0.497 e. The lowest BCUT2D eigenvalue weighted by Crippen LogP contribution is -2.44. The Hall–Kier alpha value is -3.36. The molecule has 1 fully saturated rings. The molecule has 0 spiro atoms. The van der Waals surface area contributed by atoms with E-state index in [0.717, 1.165) is 17.5 Å². The van der Waals surface area contributed by atoms with Gasteiger partial charge in [0.15, 0.2) is 0 Å². The van der Waals surface area contributed by atoms with Crippen LogP contribution in [0.15, 0.2) is 77.7 Å². The molecule has 0 atom stereocenters. The highest BCUT2D eigenvalue weighted by Crippen LogP contribution is 2.38. The lowest BCUT2D eigenvalue weighted by molar-refractivity contribution is -0.125. The monoisotopic (exact) mass is 506 g/mol. The first-order valence-corrected chi connectivity index (χ1v) is 13.6. The van der Waals surface area contributed by atoms with Crippen LogP contribution in [0, 0.1) is 0 Å². The number of nitrogens with zero attached hydrogens (tertiary/aromatic N) is 1. The number of nitrogens with one attached hydrogen (secondary N) is 1. The number of hydrogen-bond donors (Lipinski definition) is 1. The molecule has 36 heavy (non-hydrogen) atoms. The predicted octanol–water partition coefficient (Wildman–Crippen LogP) is 4.52. The zero-order valence-electron chi connectivity index (χ0n) is 20.3. The van der Waals surface area contributed by atoms with Gasteiger partial charge in [-0.2, -0.15) is 0 Å². The van der Waals surface area contributed by atoms with Crippen LogP contribution in [-0.4, -0.2) is 41.2 Å². The first-order chi connectivity index (χ1) is 17.4. The minimum absolute atomic E-state index is 0.0598. The van der Waals surface area contributed by atoms with Crippen LogP contribution in [0.3, 0.4) is 0 Å². The first kappa shape index (κ1) is 24.3. The molecule has 0 unspecified atom stereocenters. The molecule has 0 aromatic heterocycles. The largest absolute Gasteiger partial charge is 0.497 e. The number of carbonyl (C=O) groups excluding carboxylic acids is 1. The average Bonchev–Trinajstić information content (AvgIpc) is 2.93. The number of benzene rings is 3. The van der Waals surface area contributed by atoms with Crippen LogP contribution in [0.1, 0.15) is 30.4 Å². The maximum Gasteiger partial charge on any atom is 0.264 e. The van der Waals surface area contributed by atoms with Gasteiger partial charge >= 0.3 is 0 Å². The van der Waals surface area contributed by atoms with Crippen molar-refractivity contribution in [3.05, 3.63) is 83.9 Å². The van der Waals surface area contributed by atoms with Crippen LogP contribution in [0.4, 0.5) is 11.4 Å². The summed E-state index contributed by atoms with van der Waals surface area (Å²) in [6, 6.07) is 21.8. The highest BCUT2D eigenvalue weighted by Gasteiger charge is 2.41. The number of aryl methyl sites for hydroxylation is 1. The third kappa shape index (κ3) is 4.47. The number of carbonyl (C=O) groups is 1. The van der Waals surface area contributed by atoms with Gasteiger partial charge in [-0.05, 0) is 79.3 Å². The second kappa shape index (κ2) is 9.95. The Kier molecular flexibility index (Phi) is 6.73. The molecule has 1 amide bonds. The molecule has 1 saturated heterocycles. The van der Waals surface area contributed by atoms with Gasteiger partial charge in [0.05, 0.1) is 23.1 Å². The molecule has 0 saturated carbocycles. The molecular formula is C28H30N2O5S. The van der Waals surface area contributed by atoms with Gasteiger partial charge in [-0.25, -0.2) is 8.42 Å². The van der Waals surface area contributed by atoms with Gasteiger partial charge in [0, 0.05) is 25.4 Å². The van der Waals surface area contributed by atoms with Crippen LogP contribution >= 0.6 is 0 Å². The van der Waals surface area contributed by atoms with Crippen molar-refractivity contribution in [1.82, 2.24) is 0 Å². The van der Waals surface area contributed by atoms with Crippen LogP contribution in [-0.2, 0) is 31.4 Å². The second-order valence-corrected chi connectivity index (χ2v) is 11.1. The Morgan fingerprint density at radius 2 is 1.72 bits per heavy atom. The summed E-state index contributed by atoms with van der Waals surface area (Å²) < 4.78 is 39.0. The topological polar surface area (TPSA) is 84.9 Å². The van der Waals surface area contributed by atoms with Gasteiger partial charge in [0.2, 0.25) is 5.91 Å². The average molecular weight is 507 g/mol. The highest BCUT2D eigenvalue weighted by atomic mass is 32.2. The van der Waals surface area contributed by atoms with Crippen LogP contribution in [0.5, 0.6) is 5.75 Å². The smallest absolute Gasteiger partial charge is 0.264 e. The van der Waals surface area contributed by atoms with Crippen LogP contribution < -0.4 is 14.4 Å². The van der Waals surface area contributed by atoms with Crippen molar-refractivity contribution in [2.24, 2.45) is 0 Å². The molecule has 5 rings (SSSR count). The van der Waals surface area contributed by atoms with E-state index in [9.17, 15) is 13.2 Å². The summed E-state index contributed by atoms with van der Waals surface area (Å²) in [6.07, 6.45) is 2.67. The van der Waals surface area contributed by atoms with Crippen LogP contribution in [0.25, 0.3) is 0 Å². The molecule has 3 aromatic carbocycles. The number of rotatable bonds is 6. The molecule has 0 radical (unpaired) electrons. The zero-order chi connectivity index (χ0) is 25.2. The summed E-state index contributed by atoms with van der Waals surface area (Å²) >= 11 is 0. The highest BCUT2D eigenvalue weighted by molar-refractivity contribution is 7.92. The molecular weight excluding hydrogens is 476 g/mol. The summed E-state index contributed by atoms with van der Waals surface area (Å²) in [5.41, 5.74) is 2.56. The van der Waals surface area contributed by atoms with E-state index in [1.165, 1.54) is 4.31 Å². The van der Waals surface area contributed by atoms with Gasteiger partial charge in [0.1, 0.15) is 5.75 Å². The Labute approximate surface area is 212 Å². The maximum absolute atomic E-state index is 13.6. The normalized spacial score (nSPS) is 17.2. The Morgan fingerprint density at radius 3 is 2.42 bits per heavy atom. The zero-order valence-corrected chi connectivity index (χ0v) is 21.1. The van der Waals surface area contributed by atoms with E-state index in [2.05, 4.69) is 5.32 Å². The molecule has 3 aromatic rings. The molecule has 0 bridgehead atoms. The molecule has 188 valence electrons. The summed E-state index contributed by atoms with van der Waals surface area (Å²) in [5, 5.41) is 3.12. The van der Waals surface area contributed by atoms with E-state index in [4.69, 9.17) is 9.47 Å². The number of hydrogen-bond acceptors (Lipinski definition) is 5. The second-order valence-electron chi connectivity index (χ2n) is 9.21. The van der Waals surface area contributed by atoms with Crippen molar-refractivity contribution in [1.29, 1.82) is 0 Å². The van der Waals surface area contributed by atoms with Gasteiger partial charge in [0.25, 0.3) is 10.0 Å². The third-order valence-corrected chi connectivity index (χ3v) is 9.00. The van der Waals surface area contributed by atoms with E-state index in [0.29, 0.717) is 56.1 Å².